The highest BCUT2D eigenvalue weighted by Gasteiger charge is 2.42. The van der Waals surface area contributed by atoms with Gasteiger partial charge in [-0.3, -0.25) is 29.4 Å². The summed E-state index contributed by atoms with van der Waals surface area (Å²) in [5.41, 5.74) is 7.33. The third-order valence-electron chi connectivity index (χ3n) is 4.02. The summed E-state index contributed by atoms with van der Waals surface area (Å²) in [5.74, 6) is -1.93. The van der Waals surface area contributed by atoms with Gasteiger partial charge in [0.1, 0.15) is 6.04 Å². The van der Waals surface area contributed by atoms with E-state index >= 15 is 0 Å². The number of nitrogens with zero attached hydrogens (tertiary/aromatic N) is 1. The molecule has 0 saturated carbocycles. The van der Waals surface area contributed by atoms with Gasteiger partial charge in [0.25, 0.3) is 5.91 Å². The van der Waals surface area contributed by atoms with Crippen molar-refractivity contribution in [3.8, 4) is 0 Å². The molecule has 7 heteroatoms. The predicted molar refractivity (Wildman–Crippen MR) is 75.4 cm³/mol. The number of nitrogens with two attached hydrogens (primary N) is 1. The van der Waals surface area contributed by atoms with Crippen LogP contribution in [0.2, 0.25) is 0 Å². The first-order valence-electron chi connectivity index (χ1n) is 7.04. The Balaban J connectivity index is 2.00. The molecule has 1 aromatic carbocycles. The van der Waals surface area contributed by atoms with Crippen LogP contribution in [0.5, 0.6) is 0 Å². The standard InChI is InChI=1S/C15H15N3O4/c16-7-9-3-1-2-8-6-12(20)18(15(22)13(8)9)10-4-5-11(19)17-14(10)21/h1-3,10H,4-7,16H2,(H,17,19,21). The Bertz CT molecular complexity index is 698. The van der Waals surface area contributed by atoms with E-state index in [2.05, 4.69) is 5.32 Å². The lowest BCUT2D eigenvalue weighted by molar-refractivity contribution is -0.143. The van der Waals surface area contributed by atoms with Crippen molar-refractivity contribution in [1.29, 1.82) is 0 Å². The van der Waals surface area contributed by atoms with Crippen LogP contribution in [0.15, 0.2) is 18.2 Å². The van der Waals surface area contributed by atoms with E-state index in [0.717, 1.165) is 4.90 Å². The molecule has 0 bridgehead atoms. The summed E-state index contributed by atoms with van der Waals surface area (Å²) < 4.78 is 0. The van der Waals surface area contributed by atoms with Gasteiger partial charge in [0.15, 0.2) is 0 Å². The molecular formula is C15H15N3O4. The number of hydrogen-bond donors (Lipinski definition) is 2. The highest BCUT2D eigenvalue weighted by atomic mass is 16.2. The van der Waals surface area contributed by atoms with E-state index in [1.54, 1.807) is 18.2 Å². The van der Waals surface area contributed by atoms with Crippen LogP contribution in [0.1, 0.15) is 34.3 Å². The van der Waals surface area contributed by atoms with Gasteiger partial charge in [-0.05, 0) is 17.5 Å². The first kappa shape index (κ1) is 14.4. The number of amides is 4. The summed E-state index contributed by atoms with van der Waals surface area (Å²) in [5, 5.41) is 2.17. The Hall–Kier alpha value is -2.54. The summed E-state index contributed by atoms with van der Waals surface area (Å²) in [4.78, 5) is 49.2. The third kappa shape index (κ3) is 2.19. The number of carbonyl (C=O) groups is 4. The van der Waals surface area contributed by atoms with Crippen LogP contribution < -0.4 is 11.1 Å². The molecule has 3 N–H and O–H groups in total. The molecule has 4 amide bonds. The number of nitrogens with one attached hydrogen (secondary N) is 1. The molecule has 3 rings (SSSR count). The van der Waals surface area contributed by atoms with Crippen LogP contribution in [0.25, 0.3) is 0 Å². The average Bonchev–Trinajstić information content (AvgIpc) is 2.48. The van der Waals surface area contributed by atoms with Gasteiger partial charge in [0.2, 0.25) is 17.7 Å². The molecule has 0 aliphatic carbocycles. The highest BCUT2D eigenvalue weighted by Crippen LogP contribution is 2.26. The van der Waals surface area contributed by atoms with Crippen LogP contribution in [-0.4, -0.2) is 34.6 Å². The molecule has 7 nitrogen and oxygen atoms in total. The fourth-order valence-electron chi connectivity index (χ4n) is 2.97. The summed E-state index contributed by atoms with van der Waals surface area (Å²) in [7, 11) is 0. The minimum absolute atomic E-state index is 0.0483. The van der Waals surface area contributed by atoms with E-state index in [9.17, 15) is 19.2 Å². The molecule has 1 saturated heterocycles. The summed E-state index contributed by atoms with van der Waals surface area (Å²) in [6.07, 6.45) is 0.313. The van der Waals surface area contributed by atoms with Gasteiger partial charge >= 0.3 is 0 Å². The SMILES string of the molecule is NCc1cccc2c1C(=O)N(C1CCC(=O)NC1=O)C(=O)C2. The van der Waals surface area contributed by atoms with Crippen LogP contribution in [0, 0.1) is 0 Å². The molecule has 2 aliphatic heterocycles. The zero-order valence-corrected chi connectivity index (χ0v) is 11.8. The summed E-state index contributed by atoms with van der Waals surface area (Å²) in [6.45, 7) is 0.173. The first-order valence-corrected chi connectivity index (χ1v) is 7.04. The molecule has 0 spiro atoms. The molecule has 2 aliphatic rings. The molecule has 1 fully saturated rings. The van der Waals surface area contributed by atoms with Crippen LogP contribution in [0.3, 0.4) is 0 Å². The fourth-order valence-corrected chi connectivity index (χ4v) is 2.97. The summed E-state index contributed by atoms with van der Waals surface area (Å²) in [6, 6.07) is 4.27. The predicted octanol–water partition coefficient (Wildman–Crippen LogP) is -0.525. The third-order valence-corrected chi connectivity index (χ3v) is 4.02. The van der Waals surface area contributed by atoms with Crippen molar-refractivity contribution in [3.63, 3.8) is 0 Å². The van der Waals surface area contributed by atoms with Gasteiger partial charge in [-0.25, -0.2) is 0 Å². The molecule has 22 heavy (non-hydrogen) atoms. The summed E-state index contributed by atoms with van der Waals surface area (Å²) >= 11 is 0. The number of rotatable bonds is 2. The monoisotopic (exact) mass is 301 g/mol. The topological polar surface area (TPSA) is 110 Å². The van der Waals surface area contributed by atoms with E-state index in [4.69, 9.17) is 5.73 Å². The van der Waals surface area contributed by atoms with Crippen LogP contribution >= 0.6 is 0 Å². The first-order chi connectivity index (χ1) is 10.5. The van der Waals surface area contributed by atoms with Crippen molar-refractivity contribution >= 4 is 23.6 Å². The number of piperidine rings is 1. The zero-order chi connectivity index (χ0) is 15.9. The molecule has 1 unspecified atom stereocenters. The maximum absolute atomic E-state index is 12.7. The van der Waals surface area contributed by atoms with E-state index in [1.165, 1.54) is 0 Å². The van der Waals surface area contributed by atoms with E-state index in [0.29, 0.717) is 16.7 Å². The maximum Gasteiger partial charge on any atom is 0.261 e. The van der Waals surface area contributed by atoms with Crippen molar-refractivity contribution in [2.24, 2.45) is 5.73 Å². The average molecular weight is 301 g/mol. The van der Waals surface area contributed by atoms with Gasteiger partial charge in [-0.15, -0.1) is 0 Å². The van der Waals surface area contributed by atoms with Gasteiger partial charge in [-0.1, -0.05) is 18.2 Å². The van der Waals surface area contributed by atoms with Gasteiger partial charge in [0, 0.05) is 18.5 Å². The van der Waals surface area contributed by atoms with Gasteiger partial charge in [0.05, 0.1) is 6.42 Å². The Morgan fingerprint density at radius 2 is 2.00 bits per heavy atom. The highest BCUT2D eigenvalue weighted by molar-refractivity contribution is 6.14. The smallest absolute Gasteiger partial charge is 0.261 e. The maximum atomic E-state index is 12.7. The van der Waals surface area contributed by atoms with Crippen molar-refractivity contribution in [3.05, 3.63) is 34.9 Å². The van der Waals surface area contributed by atoms with Crippen LogP contribution in [0.4, 0.5) is 0 Å². The normalized spacial score (nSPS) is 21.7. The molecule has 0 radical (unpaired) electrons. The molecule has 1 atom stereocenters. The second kappa shape index (κ2) is 5.34. The number of hydrogen-bond acceptors (Lipinski definition) is 5. The second-order valence-corrected chi connectivity index (χ2v) is 5.37. The number of fused-ring (bicyclic) bond motifs is 1. The minimum Gasteiger partial charge on any atom is -0.326 e. The second-order valence-electron chi connectivity index (χ2n) is 5.37. The lowest BCUT2D eigenvalue weighted by atomic mass is 9.91. The lowest BCUT2D eigenvalue weighted by Crippen LogP contribution is -2.58. The molecule has 0 aromatic heterocycles. The van der Waals surface area contributed by atoms with Gasteiger partial charge in [-0.2, -0.15) is 0 Å². The van der Waals surface area contributed by atoms with Crippen molar-refractivity contribution in [2.75, 3.05) is 0 Å². The Kier molecular flexibility index (Phi) is 3.50. The van der Waals surface area contributed by atoms with E-state index in [-0.39, 0.29) is 31.7 Å². The van der Waals surface area contributed by atoms with E-state index < -0.39 is 23.8 Å². The molecule has 1 aromatic rings. The lowest BCUT2D eigenvalue weighted by Gasteiger charge is -2.35. The molecular weight excluding hydrogens is 286 g/mol. The number of carbonyl (C=O) groups excluding carboxylic acids is 4. The largest absolute Gasteiger partial charge is 0.326 e. The number of benzene rings is 1. The number of imide groups is 2. The zero-order valence-electron chi connectivity index (χ0n) is 11.8. The fraction of sp³-hybridized carbons (Fsp3) is 0.333. The Labute approximate surface area is 126 Å². The Morgan fingerprint density at radius 3 is 2.68 bits per heavy atom. The molecule has 2 heterocycles. The van der Waals surface area contributed by atoms with Crippen LogP contribution in [-0.2, 0) is 27.3 Å². The Morgan fingerprint density at radius 1 is 1.23 bits per heavy atom. The van der Waals surface area contributed by atoms with Crippen molar-refractivity contribution in [1.82, 2.24) is 10.2 Å². The van der Waals surface area contributed by atoms with Gasteiger partial charge < -0.3 is 5.73 Å². The quantitative estimate of drug-likeness (QED) is 0.714. The van der Waals surface area contributed by atoms with E-state index in [1.807, 2.05) is 0 Å². The minimum atomic E-state index is -0.934. The van der Waals surface area contributed by atoms with Crippen molar-refractivity contribution in [2.45, 2.75) is 31.8 Å². The molecule has 114 valence electrons. The van der Waals surface area contributed by atoms with Crippen molar-refractivity contribution < 1.29 is 19.2 Å².